The number of hydrogen-bond donors (Lipinski definition) is 2. The van der Waals surface area contributed by atoms with Gasteiger partial charge in [0.15, 0.2) is 0 Å². The zero-order valence-corrected chi connectivity index (χ0v) is 17.6. The molecule has 0 saturated carbocycles. The molecule has 0 radical (unpaired) electrons. The first kappa shape index (κ1) is 21.7. The number of halogens is 2. The summed E-state index contributed by atoms with van der Waals surface area (Å²) in [7, 11) is -8.43. The summed E-state index contributed by atoms with van der Waals surface area (Å²) in [6.45, 7) is 3.37. The highest BCUT2D eigenvalue weighted by Gasteiger charge is 2.22. The smallest absolute Gasteiger partial charge is 0.264 e. The fourth-order valence-corrected chi connectivity index (χ4v) is 4.95. The Morgan fingerprint density at radius 2 is 1.50 bits per heavy atom. The van der Waals surface area contributed by atoms with Crippen LogP contribution >= 0.6 is 0 Å². The SMILES string of the molecule is Cc1cccc(NS(=O)(=O)c2ccc(C)c(NS(=O)(=O)c3ccc(F)cc3F)c2)c1. The molecule has 0 aliphatic rings. The second-order valence-electron chi connectivity index (χ2n) is 6.63. The van der Waals surface area contributed by atoms with Crippen molar-refractivity contribution in [1.82, 2.24) is 0 Å². The molecule has 0 heterocycles. The zero-order chi connectivity index (χ0) is 22.1. The van der Waals surface area contributed by atoms with Crippen LogP contribution in [0.1, 0.15) is 11.1 Å². The predicted octanol–water partition coefficient (Wildman–Crippen LogP) is 4.18. The molecule has 2 N–H and O–H groups in total. The van der Waals surface area contributed by atoms with Crippen molar-refractivity contribution in [2.45, 2.75) is 23.6 Å². The molecular weight excluding hydrogens is 434 g/mol. The van der Waals surface area contributed by atoms with E-state index in [-0.39, 0.29) is 10.6 Å². The normalized spacial score (nSPS) is 11.9. The van der Waals surface area contributed by atoms with Gasteiger partial charge < -0.3 is 0 Å². The summed E-state index contributed by atoms with van der Waals surface area (Å²) in [5.74, 6) is -2.18. The van der Waals surface area contributed by atoms with Crippen LogP contribution in [0.25, 0.3) is 0 Å². The third kappa shape index (κ3) is 4.77. The number of benzene rings is 3. The van der Waals surface area contributed by atoms with Gasteiger partial charge in [-0.15, -0.1) is 0 Å². The molecule has 3 aromatic carbocycles. The number of hydrogen-bond acceptors (Lipinski definition) is 4. The van der Waals surface area contributed by atoms with Gasteiger partial charge in [0.1, 0.15) is 16.5 Å². The number of anilines is 2. The zero-order valence-electron chi connectivity index (χ0n) is 16.0. The van der Waals surface area contributed by atoms with Crippen molar-refractivity contribution < 1.29 is 25.6 Å². The van der Waals surface area contributed by atoms with E-state index in [1.807, 2.05) is 13.0 Å². The average Bonchev–Trinajstić information content (AvgIpc) is 2.62. The molecule has 0 unspecified atom stereocenters. The van der Waals surface area contributed by atoms with Crippen molar-refractivity contribution in [3.63, 3.8) is 0 Å². The van der Waals surface area contributed by atoms with Crippen LogP contribution in [0.15, 0.2) is 70.5 Å². The maximum absolute atomic E-state index is 13.9. The van der Waals surface area contributed by atoms with Crippen molar-refractivity contribution >= 4 is 31.4 Å². The van der Waals surface area contributed by atoms with Crippen LogP contribution in [0.5, 0.6) is 0 Å². The molecule has 6 nitrogen and oxygen atoms in total. The van der Waals surface area contributed by atoms with E-state index in [9.17, 15) is 25.6 Å². The van der Waals surface area contributed by atoms with Gasteiger partial charge in [-0.3, -0.25) is 9.44 Å². The molecular formula is C20H18F2N2O4S2. The first-order valence-corrected chi connectivity index (χ1v) is 11.6. The van der Waals surface area contributed by atoms with E-state index in [2.05, 4.69) is 9.44 Å². The van der Waals surface area contributed by atoms with Gasteiger partial charge in [-0.05, 0) is 61.4 Å². The van der Waals surface area contributed by atoms with Crippen LogP contribution < -0.4 is 9.44 Å². The van der Waals surface area contributed by atoms with E-state index in [1.165, 1.54) is 12.1 Å². The van der Waals surface area contributed by atoms with Gasteiger partial charge in [0, 0.05) is 11.8 Å². The van der Waals surface area contributed by atoms with Crippen LogP contribution in [0.4, 0.5) is 20.2 Å². The first-order chi connectivity index (χ1) is 14.0. The lowest BCUT2D eigenvalue weighted by Crippen LogP contribution is -2.17. The van der Waals surface area contributed by atoms with E-state index < -0.39 is 36.6 Å². The van der Waals surface area contributed by atoms with Gasteiger partial charge in [-0.1, -0.05) is 18.2 Å². The lowest BCUT2D eigenvalue weighted by molar-refractivity contribution is 0.551. The summed E-state index contributed by atoms with van der Waals surface area (Å²) < 4.78 is 82.1. The lowest BCUT2D eigenvalue weighted by atomic mass is 10.2. The molecule has 0 aliphatic carbocycles. The molecule has 10 heteroatoms. The van der Waals surface area contributed by atoms with Crippen LogP contribution in [-0.2, 0) is 20.0 Å². The first-order valence-electron chi connectivity index (χ1n) is 8.66. The third-order valence-electron chi connectivity index (χ3n) is 4.22. The molecule has 0 saturated heterocycles. The maximum Gasteiger partial charge on any atom is 0.264 e. The summed E-state index contributed by atoms with van der Waals surface area (Å²) in [4.78, 5) is -0.943. The monoisotopic (exact) mass is 452 g/mol. The Balaban J connectivity index is 1.95. The molecule has 158 valence electrons. The van der Waals surface area contributed by atoms with Gasteiger partial charge in [0.05, 0.1) is 10.6 Å². The quantitative estimate of drug-likeness (QED) is 0.587. The Labute approximate surface area is 173 Å². The van der Waals surface area contributed by atoms with E-state index in [0.717, 1.165) is 23.8 Å². The van der Waals surface area contributed by atoms with Crippen LogP contribution in [-0.4, -0.2) is 16.8 Å². The van der Waals surface area contributed by atoms with Crippen LogP contribution in [0.2, 0.25) is 0 Å². The maximum atomic E-state index is 13.9. The molecule has 0 aliphatic heterocycles. The molecule has 30 heavy (non-hydrogen) atoms. The largest absolute Gasteiger partial charge is 0.280 e. The second kappa shape index (κ2) is 8.04. The van der Waals surface area contributed by atoms with Crippen molar-refractivity contribution in [2.24, 2.45) is 0 Å². The Morgan fingerprint density at radius 3 is 2.17 bits per heavy atom. The highest BCUT2D eigenvalue weighted by atomic mass is 32.2. The van der Waals surface area contributed by atoms with Gasteiger partial charge >= 0.3 is 0 Å². The molecule has 0 atom stereocenters. The molecule has 3 rings (SSSR count). The van der Waals surface area contributed by atoms with Crippen molar-refractivity contribution in [3.05, 3.63) is 83.4 Å². The molecule has 0 bridgehead atoms. The van der Waals surface area contributed by atoms with E-state index in [4.69, 9.17) is 0 Å². The van der Waals surface area contributed by atoms with Crippen LogP contribution in [0.3, 0.4) is 0 Å². The van der Waals surface area contributed by atoms with Gasteiger partial charge in [-0.25, -0.2) is 25.6 Å². The summed E-state index contributed by atoms with van der Waals surface area (Å²) in [6.07, 6.45) is 0. The van der Waals surface area contributed by atoms with Crippen molar-refractivity contribution in [2.75, 3.05) is 9.44 Å². The fourth-order valence-electron chi connectivity index (χ4n) is 2.69. The number of rotatable bonds is 6. The third-order valence-corrected chi connectivity index (χ3v) is 7.00. The minimum absolute atomic E-state index is 0.0501. The van der Waals surface area contributed by atoms with Crippen molar-refractivity contribution in [3.8, 4) is 0 Å². The summed E-state index contributed by atoms with van der Waals surface area (Å²) in [5.41, 5.74) is 1.57. The lowest BCUT2D eigenvalue weighted by Gasteiger charge is -2.14. The summed E-state index contributed by atoms with van der Waals surface area (Å²) >= 11 is 0. The number of sulfonamides is 2. The minimum Gasteiger partial charge on any atom is -0.280 e. The predicted molar refractivity (Wildman–Crippen MR) is 110 cm³/mol. The molecule has 3 aromatic rings. The highest BCUT2D eigenvalue weighted by Crippen LogP contribution is 2.26. The Morgan fingerprint density at radius 1 is 0.767 bits per heavy atom. The average molecular weight is 453 g/mol. The Kier molecular flexibility index (Phi) is 5.82. The Hall–Kier alpha value is -2.98. The highest BCUT2D eigenvalue weighted by molar-refractivity contribution is 7.93. The van der Waals surface area contributed by atoms with Gasteiger partial charge in [0.25, 0.3) is 20.0 Å². The van der Waals surface area contributed by atoms with Gasteiger partial charge in [0.2, 0.25) is 0 Å². The standard InChI is InChI=1S/C20H18F2N2O4S2/c1-13-4-3-5-16(10-13)23-29(25,26)17-8-6-14(2)19(12-17)24-30(27,28)20-9-7-15(21)11-18(20)22/h3-12,23-24H,1-2H3. The summed E-state index contributed by atoms with van der Waals surface area (Å²) in [5, 5.41) is 0. The molecule has 0 spiro atoms. The van der Waals surface area contributed by atoms with Gasteiger partial charge in [-0.2, -0.15) is 0 Å². The second-order valence-corrected chi connectivity index (χ2v) is 9.97. The number of aryl methyl sites for hydroxylation is 2. The van der Waals surface area contributed by atoms with E-state index in [0.29, 0.717) is 17.3 Å². The summed E-state index contributed by atoms with van der Waals surface area (Å²) in [6, 6.07) is 12.7. The molecule has 0 amide bonds. The minimum atomic E-state index is -4.42. The molecule has 0 fully saturated rings. The van der Waals surface area contributed by atoms with Crippen LogP contribution in [0, 0.1) is 25.5 Å². The topological polar surface area (TPSA) is 92.3 Å². The fraction of sp³-hybridized carbons (Fsp3) is 0.100. The molecule has 0 aromatic heterocycles. The van der Waals surface area contributed by atoms with E-state index >= 15 is 0 Å². The van der Waals surface area contributed by atoms with E-state index in [1.54, 1.807) is 25.1 Å². The number of nitrogens with one attached hydrogen (secondary N) is 2. The Bertz CT molecular complexity index is 1320. The van der Waals surface area contributed by atoms with Crippen molar-refractivity contribution in [1.29, 1.82) is 0 Å².